The van der Waals surface area contributed by atoms with Crippen molar-refractivity contribution in [1.29, 1.82) is 0 Å². The fourth-order valence-corrected chi connectivity index (χ4v) is 1.66. The average molecular weight is 234 g/mol. The number of anilines is 1. The maximum absolute atomic E-state index is 13.1. The van der Waals surface area contributed by atoms with Gasteiger partial charge in [0.05, 0.1) is 12.3 Å². The molecular formula is C8H9BrFNO. The Morgan fingerprint density at radius 2 is 2.25 bits per heavy atom. The van der Waals surface area contributed by atoms with E-state index in [0.29, 0.717) is 15.6 Å². The van der Waals surface area contributed by atoms with Crippen LogP contribution in [-0.4, -0.2) is 5.11 Å². The first-order chi connectivity index (χ1) is 5.57. The molecule has 1 aromatic rings. The van der Waals surface area contributed by atoms with E-state index >= 15 is 0 Å². The molecule has 0 radical (unpaired) electrons. The van der Waals surface area contributed by atoms with Crippen LogP contribution in [0, 0.1) is 12.7 Å². The van der Waals surface area contributed by atoms with E-state index in [-0.39, 0.29) is 12.3 Å². The van der Waals surface area contributed by atoms with Crippen LogP contribution in [-0.2, 0) is 6.61 Å². The Balaban J connectivity index is 3.40. The highest BCUT2D eigenvalue weighted by Gasteiger charge is 2.10. The first kappa shape index (κ1) is 9.48. The SMILES string of the molecule is Cc1cc(Br)c(CO)c(N)c1F. The average Bonchev–Trinajstić information content (AvgIpc) is 2.01. The minimum absolute atomic E-state index is 0.0179. The number of rotatable bonds is 1. The van der Waals surface area contributed by atoms with Gasteiger partial charge in [-0.25, -0.2) is 4.39 Å². The van der Waals surface area contributed by atoms with Crippen molar-refractivity contribution in [2.24, 2.45) is 0 Å². The molecule has 2 nitrogen and oxygen atoms in total. The van der Waals surface area contributed by atoms with E-state index in [1.807, 2.05) is 0 Å². The number of nitrogens with two attached hydrogens (primary N) is 1. The lowest BCUT2D eigenvalue weighted by Crippen LogP contribution is -2.01. The number of hydrogen-bond donors (Lipinski definition) is 2. The van der Waals surface area contributed by atoms with E-state index in [4.69, 9.17) is 10.8 Å². The lowest BCUT2D eigenvalue weighted by atomic mass is 10.1. The summed E-state index contributed by atoms with van der Waals surface area (Å²) in [6, 6.07) is 1.59. The van der Waals surface area contributed by atoms with Crippen molar-refractivity contribution >= 4 is 21.6 Å². The largest absolute Gasteiger partial charge is 0.396 e. The van der Waals surface area contributed by atoms with E-state index in [1.165, 1.54) is 0 Å². The lowest BCUT2D eigenvalue weighted by Gasteiger charge is -2.08. The molecule has 0 aliphatic carbocycles. The van der Waals surface area contributed by atoms with Crippen molar-refractivity contribution in [2.75, 3.05) is 5.73 Å². The second kappa shape index (κ2) is 3.41. The predicted octanol–water partition coefficient (Wildman–Crippen LogP) is 1.97. The molecule has 0 spiro atoms. The number of hydrogen-bond acceptors (Lipinski definition) is 2. The Morgan fingerprint density at radius 1 is 1.67 bits per heavy atom. The fourth-order valence-electron chi connectivity index (χ4n) is 0.975. The summed E-state index contributed by atoms with van der Waals surface area (Å²) in [5.41, 5.74) is 6.32. The van der Waals surface area contributed by atoms with Crippen molar-refractivity contribution in [2.45, 2.75) is 13.5 Å². The van der Waals surface area contributed by atoms with Gasteiger partial charge in [0, 0.05) is 10.0 Å². The van der Waals surface area contributed by atoms with Gasteiger partial charge in [-0.3, -0.25) is 0 Å². The number of benzene rings is 1. The Morgan fingerprint density at radius 3 is 2.75 bits per heavy atom. The summed E-state index contributed by atoms with van der Waals surface area (Å²) in [6.07, 6.45) is 0. The van der Waals surface area contributed by atoms with Crippen LogP contribution in [0.5, 0.6) is 0 Å². The Kier molecular flexibility index (Phi) is 2.69. The van der Waals surface area contributed by atoms with Crippen molar-refractivity contribution in [1.82, 2.24) is 0 Å². The maximum atomic E-state index is 13.1. The molecule has 66 valence electrons. The molecule has 0 saturated heterocycles. The van der Waals surface area contributed by atoms with Gasteiger partial charge in [0.15, 0.2) is 0 Å². The van der Waals surface area contributed by atoms with Crippen LogP contribution in [0.4, 0.5) is 10.1 Å². The summed E-state index contributed by atoms with van der Waals surface area (Å²) in [7, 11) is 0. The monoisotopic (exact) mass is 233 g/mol. The Hall–Kier alpha value is -0.610. The first-order valence-corrected chi connectivity index (χ1v) is 4.21. The number of aryl methyl sites for hydroxylation is 1. The quantitative estimate of drug-likeness (QED) is 0.729. The second-order valence-corrected chi connectivity index (χ2v) is 3.39. The van der Waals surface area contributed by atoms with Crippen LogP contribution in [0.3, 0.4) is 0 Å². The summed E-state index contributed by atoms with van der Waals surface area (Å²) in [4.78, 5) is 0. The van der Waals surface area contributed by atoms with Gasteiger partial charge in [-0.1, -0.05) is 15.9 Å². The van der Waals surface area contributed by atoms with Crippen LogP contribution < -0.4 is 5.73 Å². The molecule has 0 amide bonds. The molecular weight excluding hydrogens is 225 g/mol. The van der Waals surface area contributed by atoms with Crippen molar-refractivity contribution in [3.05, 3.63) is 27.5 Å². The van der Waals surface area contributed by atoms with E-state index in [0.717, 1.165) is 0 Å². The smallest absolute Gasteiger partial charge is 0.149 e. The number of aliphatic hydroxyl groups is 1. The van der Waals surface area contributed by atoms with Gasteiger partial charge < -0.3 is 10.8 Å². The lowest BCUT2D eigenvalue weighted by molar-refractivity contribution is 0.281. The highest BCUT2D eigenvalue weighted by atomic mass is 79.9. The van der Waals surface area contributed by atoms with Crippen molar-refractivity contribution in [3.63, 3.8) is 0 Å². The molecule has 0 saturated carbocycles. The normalized spacial score (nSPS) is 10.3. The molecule has 0 atom stereocenters. The van der Waals surface area contributed by atoms with Gasteiger partial charge in [-0.15, -0.1) is 0 Å². The van der Waals surface area contributed by atoms with E-state index in [1.54, 1.807) is 13.0 Å². The van der Waals surface area contributed by atoms with Gasteiger partial charge >= 0.3 is 0 Å². The van der Waals surface area contributed by atoms with E-state index in [2.05, 4.69) is 15.9 Å². The van der Waals surface area contributed by atoms with Gasteiger partial charge in [0.2, 0.25) is 0 Å². The minimum Gasteiger partial charge on any atom is -0.396 e. The van der Waals surface area contributed by atoms with E-state index in [9.17, 15) is 4.39 Å². The number of halogens is 2. The molecule has 0 bridgehead atoms. The third-order valence-electron chi connectivity index (χ3n) is 1.70. The summed E-state index contributed by atoms with van der Waals surface area (Å²) < 4.78 is 13.7. The molecule has 0 heterocycles. The van der Waals surface area contributed by atoms with Crippen molar-refractivity contribution < 1.29 is 9.50 Å². The Bertz CT molecular complexity index is 314. The summed E-state index contributed by atoms with van der Waals surface area (Å²) >= 11 is 3.19. The van der Waals surface area contributed by atoms with Gasteiger partial charge in [0.25, 0.3) is 0 Å². The van der Waals surface area contributed by atoms with Crippen LogP contribution in [0.2, 0.25) is 0 Å². The summed E-state index contributed by atoms with van der Waals surface area (Å²) in [5.74, 6) is -0.456. The van der Waals surface area contributed by atoms with Gasteiger partial charge in [-0.2, -0.15) is 0 Å². The van der Waals surface area contributed by atoms with Crippen LogP contribution in [0.25, 0.3) is 0 Å². The zero-order chi connectivity index (χ0) is 9.30. The third-order valence-corrected chi connectivity index (χ3v) is 2.40. The molecule has 0 fully saturated rings. The molecule has 1 aromatic carbocycles. The number of nitrogen functional groups attached to an aromatic ring is 1. The number of aliphatic hydroxyl groups excluding tert-OH is 1. The highest BCUT2D eigenvalue weighted by molar-refractivity contribution is 9.10. The molecule has 0 unspecified atom stereocenters. The summed E-state index contributed by atoms with van der Waals surface area (Å²) in [5, 5.41) is 8.84. The molecule has 0 aromatic heterocycles. The standard InChI is InChI=1S/C8H9BrFNO/c1-4-2-6(9)5(3-12)8(11)7(4)10/h2,12H,3,11H2,1H3. The van der Waals surface area contributed by atoms with Gasteiger partial charge in [0.1, 0.15) is 5.82 Å². The minimum atomic E-state index is -0.456. The highest BCUT2D eigenvalue weighted by Crippen LogP contribution is 2.27. The predicted molar refractivity (Wildman–Crippen MR) is 49.2 cm³/mol. The second-order valence-electron chi connectivity index (χ2n) is 2.54. The molecule has 0 aliphatic rings. The van der Waals surface area contributed by atoms with E-state index < -0.39 is 5.82 Å². The molecule has 3 N–H and O–H groups in total. The molecule has 1 rings (SSSR count). The van der Waals surface area contributed by atoms with Crippen LogP contribution in [0.1, 0.15) is 11.1 Å². The first-order valence-electron chi connectivity index (χ1n) is 3.41. The third kappa shape index (κ3) is 1.44. The zero-order valence-corrected chi connectivity index (χ0v) is 8.15. The molecule has 4 heteroatoms. The summed E-state index contributed by atoms with van der Waals surface area (Å²) in [6.45, 7) is 1.36. The molecule has 12 heavy (non-hydrogen) atoms. The zero-order valence-electron chi connectivity index (χ0n) is 6.56. The van der Waals surface area contributed by atoms with Crippen molar-refractivity contribution in [3.8, 4) is 0 Å². The maximum Gasteiger partial charge on any atom is 0.149 e. The fraction of sp³-hybridized carbons (Fsp3) is 0.250. The van der Waals surface area contributed by atoms with Crippen LogP contribution >= 0.6 is 15.9 Å². The Labute approximate surface area is 78.3 Å². The topological polar surface area (TPSA) is 46.2 Å². The van der Waals surface area contributed by atoms with Gasteiger partial charge in [-0.05, 0) is 18.6 Å². The molecule has 0 aliphatic heterocycles. The van der Waals surface area contributed by atoms with Crippen LogP contribution in [0.15, 0.2) is 10.5 Å².